The highest BCUT2D eigenvalue weighted by molar-refractivity contribution is 5.94. The van der Waals surface area contributed by atoms with E-state index in [1.807, 2.05) is 12.1 Å². The van der Waals surface area contributed by atoms with Crippen molar-refractivity contribution in [2.24, 2.45) is 11.5 Å². The van der Waals surface area contributed by atoms with Crippen LogP contribution < -0.4 is 16.2 Å². The zero-order chi connectivity index (χ0) is 15.0. The van der Waals surface area contributed by atoms with Crippen molar-refractivity contribution in [3.63, 3.8) is 0 Å². The average Bonchev–Trinajstić information content (AvgIpc) is 2.45. The summed E-state index contributed by atoms with van der Waals surface area (Å²) < 4.78 is 5.30. The van der Waals surface area contributed by atoms with Gasteiger partial charge in [0.05, 0.1) is 0 Å². The minimum absolute atomic E-state index is 0.216. The van der Waals surface area contributed by atoms with Gasteiger partial charge in [-0.3, -0.25) is 9.69 Å². The number of carbonyl (C=O) groups excluding carboxylic acids is 2. The highest BCUT2D eigenvalue weighted by Gasteiger charge is 2.13. The van der Waals surface area contributed by atoms with Gasteiger partial charge in [-0.25, -0.2) is 4.79 Å². The number of benzene rings is 1. The molecule has 0 atom stereocenters. The maximum absolute atomic E-state index is 11.5. The Morgan fingerprint density at radius 2 is 1.85 bits per heavy atom. The Bertz CT molecular complexity index is 445. The average molecular weight is 279 g/mol. The first-order chi connectivity index (χ1) is 9.54. The Morgan fingerprint density at radius 1 is 1.20 bits per heavy atom. The molecule has 0 bridgehead atoms. The van der Waals surface area contributed by atoms with E-state index in [4.69, 9.17) is 16.2 Å². The lowest BCUT2D eigenvalue weighted by Gasteiger charge is -2.13. The third-order valence-electron chi connectivity index (χ3n) is 2.91. The molecule has 6 heteroatoms. The minimum Gasteiger partial charge on any atom is -0.484 e. The standard InChI is InChI=1S/C14H21N3O3/c1-17(14(16)19)13(18)10-20-12-7-5-11(6-8-12)4-2-3-9-15/h5-8H,2-4,9-10,15H2,1H3,(H2,16,19). The Kier molecular flexibility index (Phi) is 6.52. The monoisotopic (exact) mass is 279 g/mol. The van der Waals surface area contributed by atoms with Crippen molar-refractivity contribution < 1.29 is 14.3 Å². The van der Waals surface area contributed by atoms with Crippen molar-refractivity contribution in [3.8, 4) is 5.75 Å². The molecule has 1 aromatic carbocycles. The number of urea groups is 1. The second-order valence-corrected chi connectivity index (χ2v) is 4.47. The highest BCUT2D eigenvalue weighted by atomic mass is 16.5. The van der Waals surface area contributed by atoms with E-state index in [9.17, 15) is 9.59 Å². The van der Waals surface area contributed by atoms with Gasteiger partial charge in [-0.2, -0.15) is 0 Å². The van der Waals surface area contributed by atoms with Gasteiger partial charge in [0.15, 0.2) is 6.61 Å². The largest absolute Gasteiger partial charge is 0.484 e. The number of rotatable bonds is 7. The van der Waals surface area contributed by atoms with Gasteiger partial charge in [-0.1, -0.05) is 12.1 Å². The van der Waals surface area contributed by atoms with Crippen molar-refractivity contribution in [2.45, 2.75) is 19.3 Å². The van der Waals surface area contributed by atoms with Crippen LogP contribution in [0, 0.1) is 0 Å². The molecule has 0 unspecified atom stereocenters. The molecule has 0 fully saturated rings. The van der Waals surface area contributed by atoms with Gasteiger partial charge in [0.1, 0.15) is 5.75 Å². The Morgan fingerprint density at radius 3 is 2.40 bits per heavy atom. The van der Waals surface area contributed by atoms with Crippen LogP contribution in [0.4, 0.5) is 4.79 Å². The van der Waals surface area contributed by atoms with E-state index in [0.717, 1.165) is 24.2 Å². The fourth-order valence-corrected chi connectivity index (χ4v) is 1.59. The maximum atomic E-state index is 11.5. The summed E-state index contributed by atoms with van der Waals surface area (Å²) in [6.45, 7) is 0.489. The van der Waals surface area contributed by atoms with Crippen LogP contribution in [0.5, 0.6) is 5.75 Å². The molecule has 1 aromatic rings. The van der Waals surface area contributed by atoms with Crippen molar-refractivity contribution in [1.82, 2.24) is 4.90 Å². The van der Waals surface area contributed by atoms with Crippen molar-refractivity contribution in [1.29, 1.82) is 0 Å². The number of primary amides is 1. The molecule has 20 heavy (non-hydrogen) atoms. The van der Waals surface area contributed by atoms with Crippen molar-refractivity contribution in [2.75, 3.05) is 20.2 Å². The molecule has 0 radical (unpaired) electrons. The lowest BCUT2D eigenvalue weighted by molar-refractivity contribution is -0.129. The third-order valence-corrected chi connectivity index (χ3v) is 2.91. The number of amides is 3. The van der Waals surface area contributed by atoms with Gasteiger partial charge >= 0.3 is 6.03 Å². The quantitative estimate of drug-likeness (QED) is 0.724. The topological polar surface area (TPSA) is 98.6 Å². The second kappa shape index (κ2) is 8.16. The smallest absolute Gasteiger partial charge is 0.321 e. The summed E-state index contributed by atoms with van der Waals surface area (Å²) in [6, 6.07) is 6.71. The molecule has 1 rings (SSSR count). The molecule has 0 saturated carbocycles. The number of nitrogens with zero attached hydrogens (tertiary/aromatic N) is 1. The molecule has 0 aliphatic heterocycles. The zero-order valence-electron chi connectivity index (χ0n) is 11.7. The van der Waals surface area contributed by atoms with Gasteiger partial charge in [0.25, 0.3) is 5.91 Å². The fourth-order valence-electron chi connectivity index (χ4n) is 1.59. The summed E-state index contributed by atoms with van der Waals surface area (Å²) in [5, 5.41) is 0. The number of ether oxygens (including phenoxy) is 1. The van der Waals surface area contributed by atoms with E-state index >= 15 is 0 Å². The van der Waals surface area contributed by atoms with Crippen LogP contribution in [-0.2, 0) is 11.2 Å². The number of unbranched alkanes of at least 4 members (excludes halogenated alkanes) is 1. The molecule has 0 aromatic heterocycles. The SMILES string of the molecule is CN(C(N)=O)C(=O)COc1ccc(CCCCN)cc1. The lowest BCUT2D eigenvalue weighted by atomic mass is 10.1. The molecule has 0 aliphatic rings. The van der Waals surface area contributed by atoms with Crippen molar-refractivity contribution in [3.05, 3.63) is 29.8 Å². The van der Waals surface area contributed by atoms with Gasteiger partial charge in [-0.05, 0) is 43.5 Å². The Labute approximate surface area is 118 Å². The number of imide groups is 1. The number of carbonyl (C=O) groups is 2. The summed E-state index contributed by atoms with van der Waals surface area (Å²) in [6.07, 6.45) is 3.03. The molecule has 4 N–H and O–H groups in total. The zero-order valence-corrected chi connectivity index (χ0v) is 11.7. The second-order valence-electron chi connectivity index (χ2n) is 4.47. The third kappa shape index (κ3) is 5.27. The first-order valence-electron chi connectivity index (χ1n) is 6.52. The predicted octanol–water partition coefficient (Wildman–Crippen LogP) is 0.884. The molecular formula is C14H21N3O3. The van der Waals surface area contributed by atoms with Crippen LogP contribution in [0.1, 0.15) is 18.4 Å². The Hall–Kier alpha value is -2.08. The van der Waals surface area contributed by atoms with Crippen LogP contribution in [0.3, 0.4) is 0 Å². The molecule has 0 saturated heterocycles. The van der Waals surface area contributed by atoms with E-state index in [2.05, 4.69) is 0 Å². The lowest BCUT2D eigenvalue weighted by Crippen LogP contribution is -2.40. The molecule has 6 nitrogen and oxygen atoms in total. The van der Waals surface area contributed by atoms with Gasteiger partial charge in [-0.15, -0.1) is 0 Å². The Balaban J connectivity index is 2.41. The molecule has 0 spiro atoms. The summed E-state index contributed by atoms with van der Waals surface area (Å²) >= 11 is 0. The molecule has 3 amide bonds. The minimum atomic E-state index is -0.797. The number of aryl methyl sites for hydroxylation is 1. The van der Waals surface area contributed by atoms with E-state index in [0.29, 0.717) is 12.3 Å². The molecule has 0 heterocycles. The van der Waals surface area contributed by atoms with E-state index < -0.39 is 11.9 Å². The van der Waals surface area contributed by atoms with Gasteiger partial charge in [0, 0.05) is 7.05 Å². The number of nitrogens with two attached hydrogens (primary N) is 2. The summed E-state index contributed by atoms with van der Waals surface area (Å²) in [5.74, 6) is 0.100. The normalized spacial score (nSPS) is 10.1. The summed E-state index contributed by atoms with van der Waals surface area (Å²) in [5.41, 5.74) is 11.6. The summed E-state index contributed by atoms with van der Waals surface area (Å²) in [4.78, 5) is 23.1. The number of hydrogen-bond donors (Lipinski definition) is 2. The van der Waals surface area contributed by atoms with Gasteiger partial charge < -0.3 is 16.2 Å². The maximum Gasteiger partial charge on any atom is 0.321 e. The van der Waals surface area contributed by atoms with Crippen LogP contribution in [0.25, 0.3) is 0 Å². The van der Waals surface area contributed by atoms with E-state index in [1.54, 1.807) is 12.1 Å². The van der Waals surface area contributed by atoms with E-state index in [1.165, 1.54) is 12.6 Å². The first kappa shape index (κ1) is 16.0. The van der Waals surface area contributed by atoms with Crippen LogP contribution in [-0.4, -0.2) is 37.0 Å². The number of hydrogen-bond acceptors (Lipinski definition) is 4. The molecular weight excluding hydrogens is 258 g/mol. The van der Waals surface area contributed by atoms with Crippen LogP contribution >= 0.6 is 0 Å². The molecule has 110 valence electrons. The molecule has 0 aliphatic carbocycles. The fraction of sp³-hybridized carbons (Fsp3) is 0.429. The van der Waals surface area contributed by atoms with Crippen LogP contribution in [0.15, 0.2) is 24.3 Å². The van der Waals surface area contributed by atoms with Crippen LogP contribution in [0.2, 0.25) is 0 Å². The first-order valence-corrected chi connectivity index (χ1v) is 6.52. The van der Waals surface area contributed by atoms with E-state index in [-0.39, 0.29) is 6.61 Å². The summed E-state index contributed by atoms with van der Waals surface area (Å²) in [7, 11) is 1.31. The number of likely N-dealkylation sites (N-methyl/N-ethyl adjacent to an activating group) is 1. The predicted molar refractivity (Wildman–Crippen MR) is 76.3 cm³/mol. The highest BCUT2D eigenvalue weighted by Crippen LogP contribution is 2.13. The van der Waals surface area contributed by atoms with Gasteiger partial charge in [0.2, 0.25) is 0 Å². The van der Waals surface area contributed by atoms with Crippen molar-refractivity contribution >= 4 is 11.9 Å².